The van der Waals surface area contributed by atoms with Crippen molar-refractivity contribution < 1.29 is 43.3 Å². The number of carboxylic acids is 1. The largest absolute Gasteiger partial charge is 0.481 e. The summed E-state index contributed by atoms with van der Waals surface area (Å²) < 4.78 is 10.5. The molecule has 0 aliphatic carbocycles. The van der Waals surface area contributed by atoms with Crippen LogP contribution in [0.3, 0.4) is 0 Å². The highest BCUT2D eigenvalue weighted by Gasteiger charge is 2.26. The Labute approximate surface area is 251 Å². The van der Waals surface area contributed by atoms with E-state index in [2.05, 4.69) is 37.2 Å². The Hall–Kier alpha value is -2.20. The van der Waals surface area contributed by atoms with Crippen molar-refractivity contribution in [2.45, 2.75) is 31.7 Å². The number of nitrogens with one attached hydrogen (secondary N) is 4. The molecule has 14 nitrogen and oxygen atoms in total. The number of carboxylic acid groups (broad SMARTS) is 1. The van der Waals surface area contributed by atoms with E-state index in [0.29, 0.717) is 19.4 Å². The smallest absolute Gasteiger partial charge is 0.303 e. The van der Waals surface area contributed by atoms with Crippen LogP contribution in [0.2, 0.25) is 0 Å². The lowest BCUT2D eigenvalue weighted by molar-refractivity contribution is -0.140. The van der Waals surface area contributed by atoms with Crippen LogP contribution in [0.4, 0.5) is 0 Å². The average Bonchev–Trinajstić information content (AvgIpc) is 2.94. The molecule has 17 heteroatoms. The van der Waals surface area contributed by atoms with Crippen LogP contribution in [0.1, 0.15) is 25.7 Å². The highest BCUT2D eigenvalue weighted by Crippen LogP contribution is 2.06. The number of rotatable bonds is 24. The summed E-state index contributed by atoms with van der Waals surface area (Å²) >= 11 is 14.0. The number of hydrogen-bond acceptors (Lipinski definition) is 8. The van der Waals surface area contributed by atoms with Gasteiger partial charge in [-0.25, -0.2) is 0 Å². The Balaban J connectivity index is 4.93. The van der Waals surface area contributed by atoms with Crippen LogP contribution in [-0.2, 0) is 38.2 Å². The lowest BCUT2D eigenvalue weighted by Crippen LogP contribution is -2.50. The molecule has 0 unspecified atom stereocenters. The predicted molar refractivity (Wildman–Crippen MR) is 151 cm³/mol. The molecular formula is C23H38BrCl2N5O9. The lowest BCUT2D eigenvalue weighted by atomic mass is 10.1. The number of carbonyl (C=O) groups is 6. The molecule has 5 N–H and O–H groups in total. The topological polar surface area (TPSA) is 192 Å². The van der Waals surface area contributed by atoms with E-state index in [-0.39, 0.29) is 100 Å². The summed E-state index contributed by atoms with van der Waals surface area (Å²) in [6, 6.07) is -1.13. The number of carbonyl (C=O) groups excluding carboxylic acids is 5. The van der Waals surface area contributed by atoms with Crippen LogP contribution in [0.5, 0.6) is 0 Å². The summed E-state index contributed by atoms with van der Waals surface area (Å²) in [7, 11) is 0. The van der Waals surface area contributed by atoms with Crippen LogP contribution in [0.15, 0.2) is 0 Å². The third-order valence-electron chi connectivity index (χ3n) is 4.98. The molecule has 0 saturated carbocycles. The van der Waals surface area contributed by atoms with E-state index in [1.54, 1.807) is 0 Å². The number of hydrogen-bond donors (Lipinski definition) is 5. The van der Waals surface area contributed by atoms with Gasteiger partial charge in [-0.1, -0.05) is 15.9 Å². The van der Waals surface area contributed by atoms with Gasteiger partial charge in [0.2, 0.25) is 29.5 Å². The Morgan fingerprint density at radius 1 is 0.775 bits per heavy atom. The molecule has 0 bridgehead atoms. The van der Waals surface area contributed by atoms with Gasteiger partial charge >= 0.3 is 5.97 Å². The monoisotopic (exact) mass is 677 g/mol. The maximum absolute atomic E-state index is 13.3. The predicted octanol–water partition coefficient (Wildman–Crippen LogP) is -0.801. The lowest BCUT2D eigenvalue weighted by Gasteiger charge is -2.28. The van der Waals surface area contributed by atoms with Gasteiger partial charge < -0.3 is 40.7 Å². The maximum Gasteiger partial charge on any atom is 0.303 e. The van der Waals surface area contributed by atoms with Gasteiger partial charge in [0.15, 0.2) is 0 Å². The normalized spacial score (nSPS) is 11.3. The molecule has 40 heavy (non-hydrogen) atoms. The van der Waals surface area contributed by atoms with Crippen molar-refractivity contribution >= 4 is 74.6 Å². The molecule has 0 saturated heterocycles. The van der Waals surface area contributed by atoms with E-state index >= 15 is 0 Å². The van der Waals surface area contributed by atoms with Crippen molar-refractivity contribution in [2.75, 3.05) is 76.2 Å². The minimum atomic E-state index is -1.13. The number of nitrogens with zero attached hydrogens (tertiary/aromatic N) is 1. The van der Waals surface area contributed by atoms with Crippen molar-refractivity contribution in [3.63, 3.8) is 0 Å². The van der Waals surface area contributed by atoms with Crippen molar-refractivity contribution in [3.05, 3.63) is 0 Å². The van der Waals surface area contributed by atoms with Crippen molar-refractivity contribution in [3.8, 4) is 0 Å². The number of aliphatic carboxylic acids is 1. The Morgan fingerprint density at radius 2 is 1.32 bits per heavy atom. The minimum absolute atomic E-state index is 0.0850. The van der Waals surface area contributed by atoms with Crippen molar-refractivity contribution in [1.82, 2.24) is 26.2 Å². The maximum atomic E-state index is 13.3. The van der Waals surface area contributed by atoms with Gasteiger partial charge in [-0.2, -0.15) is 0 Å². The highest BCUT2D eigenvalue weighted by molar-refractivity contribution is 9.09. The third-order valence-corrected chi connectivity index (χ3v) is 5.98. The van der Waals surface area contributed by atoms with E-state index < -0.39 is 23.8 Å². The molecule has 5 amide bonds. The van der Waals surface area contributed by atoms with Crippen molar-refractivity contribution in [2.24, 2.45) is 0 Å². The summed E-state index contributed by atoms with van der Waals surface area (Å²) in [5.74, 6) is -3.53. The van der Waals surface area contributed by atoms with Gasteiger partial charge in [0.1, 0.15) is 24.4 Å². The molecule has 0 heterocycles. The first-order valence-electron chi connectivity index (χ1n) is 12.6. The zero-order valence-electron chi connectivity index (χ0n) is 22.2. The number of amides is 5. The number of halogens is 3. The number of ether oxygens (including phenoxy) is 2. The summed E-state index contributed by atoms with van der Waals surface area (Å²) in [4.78, 5) is 72.2. The molecule has 0 aliphatic heterocycles. The quantitative estimate of drug-likeness (QED) is 0.0642. The fourth-order valence-electron chi connectivity index (χ4n) is 3.10. The van der Waals surface area contributed by atoms with E-state index in [9.17, 15) is 28.8 Å². The Morgan fingerprint density at radius 3 is 1.85 bits per heavy atom. The molecule has 0 aromatic heterocycles. The summed E-state index contributed by atoms with van der Waals surface area (Å²) in [5.41, 5.74) is 0. The third kappa shape index (κ3) is 20.7. The second-order valence-corrected chi connectivity index (χ2v) is 9.30. The second-order valence-electron chi connectivity index (χ2n) is 8.20. The Kier molecular flexibility index (Phi) is 23.2. The van der Waals surface area contributed by atoms with Crippen molar-refractivity contribution in [1.29, 1.82) is 0 Å². The minimum Gasteiger partial charge on any atom is -0.481 e. The molecule has 0 fully saturated rings. The average molecular weight is 679 g/mol. The first-order chi connectivity index (χ1) is 19.1. The van der Waals surface area contributed by atoms with Crippen LogP contribution in [0, 0.1) is 0 Å². The molecule has 0 aliphatic rings. The molecular weight excluding hydrogens is 641 g/mol. The molecule has 0 spiro atoms. The van der Waals surface area contributed by atoms with Crippen LogP contribution >= 0.6 is 39.1 Å². The van der Waals surface area contributed by atoms with Gasteiger partial charge in [0.05, 0.1) is 25.2 Å². The van der Waals surface area contributed by atoms with Gasteiger partial charge in [-0.3, -0.25) is 28.8 Å². The zero-order valence-corrected chi connectivity index (χ0v) is 25.3. The Bertz CT molecular complexity index is 787. The van der Waals surface area contributed by atoms with Crippen LogP contribution in [-0.4, -0.2) is 128 Å². The van der Waals surface area contributed by atoms with Gasteiger partial charge in [0, 0.05) is 39.1 Å². The standard InChI is InChI=1S/C23H38BrCl2N5O9/c24-13-18(32)29-7-10-39-11-12-40-16-21(35)30-17(3-4-22(36)37)23(38)31(8-1-5-27-19(33)14-25)9-2-6-28-20(34)15-26/h17H,1-16H2,(H,27,33)(H,28,34)(H,29,32)(H,30,35)(H,36,37)/t17-/m1/s1. The van der Waals surface area contributed by atoms with Gasteiger partial charge in [-0.05, 0) is 19.3 Å². The zero-order chi connectivity index (χ0) is 30.2. The second kappa shape index (κ2) is 24.6. The molecule has 0 radical (unpaired) electrons. The molecule has 0 aromatic carbocycles. The summed E-state index contributed by atoms with van der Waals surface area (Å²) in [5, 5.41) is 19.6. The summed E-state index contributed by atoms with van der Waals surface area (Å²) in [6.07, 6.45) is 0.254. The van der Waals surface area contributed by atoms with Crippen LogP contribution < -0.4 is 21.3 Å². The van der Waals surface area contributed by atoms with E-state index in [1.165, 1.54) is 4.90 Å². The van der Waals surface area contributed by atoms with Gasteiger partial charge in [-0.15, -0.1) is 23.2 Å². The van der Waals surface area contributed by atoms with E-state index in [4.69, 9.17) is 37.8 Å². The molecule has 1 atom stereocenters. The highest BCUT2D eigenvalue weighted by atomic mass is 79.9. The van der Waals surface area contributed by atoms with Gasteiger partial charge in [0.25, 0.3) is 0 Å². The van der Waals surface area contributed by atoms with E-state index in [0.717, 1.165) is 0 Å². The molecule has 0 rings (SSSR count). The van der Waals surface area contributed by atoms with E-state index in [1.807, 2.05) is 0 Å². The first-order valence-corrected chi connectivity index (χ1v) is 14.8. The fourth-order valence-corrected chi connectivity index (χ4v) is 3.49. The fraction of sp³-hybridized carbons (Fsp3) is 0.739. The number of alkyl halides is 3. The SMILES string of the molecule is O=C(O)CC[C@@H](NC(=O)COCCOCCNC(=O)CBr)C(=O)N(CCCNC(=O)CCl)CCCNC(=O)CCl. The summed E-state index contributed by atoms with van der Waals surface area (Å²) in [6.45, 7) is 1.38. The van der Waals surface area contributed by atoms with Crippen LogP contribution in [0.25, 0.3) is 0 Å². The first kappa shape index (κ1) is 37.8. The molecule has 0 aromatic rings. The molecule has 230 valence electrons.